The molecule has 2 heterocycles. The van der Waals surface area contributed by atoms with Crippen molar-refractivity contribution in [2.45, 2.75) is 68.3 Å². The maximum atomic E-state index is 10.5. The van der Waals surface area contributed by atoms with Crippen LogP contribution in [0.15, 0.2) is 36.4 Å². The molecule has 2 fully saturated rings. The molecule has 0 unspecified atom stereocenters. The lowest BCUT2D eigenvalue weighted by molar-refractivity contribution is -0.318. The van der Waals surface area contributed by atoms with Crippen LogP contribution < -0.4 is 9.47 Å². The molecule has 2 aliphatic rings. The van der Waals surface area contributed by atoms with Gasteiger partial charge in [-0.3, -0.25) is 0 Å². The molecule has 0 radical (unpaired) electrons. The third-order valence-electron chi connectivity index (χ3n) is 6.21. The summed E-state index contributed by atoms with van der Waals surface area (Å²) in [7, 11) is 1.55. The predicted octanol–water partition coefficient (Wildman–Crippen LogP) is -1.12. The molecule has 2 aromatic carbocycles. The van der Waals surface area contributed by atoms with Crippen molar-refractivity contribution in [3.8, 4) is 11.5 Å². The second kappa shape index (κ2) is 10.3. The van der Waals surface area contributed by atoms with E-state index in [9.17, 15) is 30.6 Å². The van der Waals surface area contributed by atoms with Gasteiger partial charge in [0.2, 0.25) is 6.29 Å². The SMILES string of the molecule is COc1ccc(O[C@@H]2O[C@H](CO[C@@H]3O[C@@H](C)[C@H](O)[C@@H](O)[C@H]3O)[C@@H](O)[C@H](O)[C@H]2O)c2ccccc12. The van der Waals surface area contributed by atoms with E-state index in [1.807, 2.05) is 18.2 Å². The van der Waals surface area contributed by atoms with Gasteiger partial charge in [0.1, 0.15) is 54.2 Å². The summed E-state index contributed by atoms with van der Waals surface area (Å²) < 4.78 is 27.8. The highest BCUT2D eigenvalue weighted by atomic mass is 16.7. The van der Waals surface area contributed by atoms with Gasteiger partial charge in [0, 0.05) is 10.8 Å². The highest BCUT2D eigenvalue weighted by molar-refractivity contribution is 5.93. The molecular formula is C23H30O11. The van der Waals surface area contributed by atoms with Crippen LogP contribution in [0.2, 0.25) is 0 Å². The first-order valence-corrected chi connectivity index (χ1v) is 11.0. The van der Waals surface area contributed by atoms with Crippen molar-refractivity contribution in [3.05, 3.63) is 36.4 Å². The number of hydrogen-bond donors (Lipinski definition) is 6. The van der Waals surface area contributed by atoms with Crippen LogP contribution in [-0.4, -0.2) is 106 Å². The minimum absolute atomic E-state index is 0.362. The van der Waals surface area contributed by atoms with Gasteiger partial charge in [-0.25, -0.2) is 0 Å². The summed E-state index contributed by atoms with van der Waals surface area (Å²) in [5, 5.41) is 62.6. The molecule has 0 spiro atoms. The first-order chi connectivity index (χ1) is 16.2. The fourth-order valence-electron chi connectivity index (χ4n) is 4.14. The van der Waals surface area contributed by atoms with Crippen LogP contribution in [0.3, 0.4) is 0 Å². The summed E-state index contributed by atoms with van der Waals surface area (Å²) in [5.74, 6) is 0.989. The Morgan fingerprint density at radius 1 is 0.706 bits per heavy atom. The molecule has 0 bridgehead atoms. The number of hydrogen-bond acceptors (Lipinski definition) is 11. The Morgan fingerprint density at radius 3 is 1.97 bits per heavy atom. The van der Waals surface area contributed by atoms with E-state index in [0.29, 0.717) is 16.9 Å². The van der Waals surface area contributed by atoms with Gasteiger partial charge in [-0.05, 0) is 19.1 Å². The topological polar surface area (TPSA) is 168 Å². The molecule has 0 amide bonds. The van der Waals surface area contributed by atoms with E-state index in [-0.39, 0.29) is 6.61 Å². The Morgan fingerprint density at radius 2 is 1.29 bits per heavy atom. The zero-order valence-electron chi connectivity index (χ0n) is 18.7. The van der Waals surface area contributed by atoms with Crippen LogP contribution in [0, 0.1) is 0 Å². The standard InChI is InChI=1S/C23H30O11/c1-10-16(24)18(26)20(28)22(32-10)31-9-15-17(25)19(27)21(29)23(34-15)33-14-8-7-13(30-2)11-5-3-4-6-12(11)14/h3-8,10,15-29H,9H2,1-2H3/t10-,15+,16-,17+,18+,19-,20+,21+,22+,23+/m0/s1. The molecule has 0 aromatic heterocycles. The van der Waals surface area contributed by atoms with E-state index in [1.54, 1.807) is 25.3 Å². The highest BCUT2D eigenvalue weighted by Gasteiger charge is 2.47. The zero-order valence-corrected chi connectivity index (χ0v) is 18.7. The molecule has 4 rings (SSSR count). The molecule has 10 atom stereocenters. The zero-order chi connectivity index (χ0) is 24.6. The number of aliphatic hydroxyl groups is 6. The van der Waals surface area contributed by atoms with Gasteiger partial charge in [-0.15, -0.1) is 0 Å². The van der Waals surface area contributed by atoms with Gasteiger partial charge in [0.05, 0.1) is 19.8 Å². The maximum Gasteiger partial charge on any atom is 0.229 e. The van der Waals surface area contributed by atoms with Crippen molar-refractivity contribution in [2.24, 2.45) is 0 Å². The first kappa shape index (κ1) is 25.0. The average Bonchev–Trinajstić information content (AvgIpc) is 2.85. The van der Waals surface area contributed by atoms with E-state index in [4.69, 9.17) is 23.7 Å². The van der Waals surface area contributed by atoms with E-state index in [1.165, 1.54) is 6.92 Å². The van der Waals surface area contributed by atoms with Gasteiger partial charge in [-0.1, -0.05) is 24.3 Å². The van der Waals surface area contributed by atoms with Crippen LogP contribution in [0.4, 0.5) is 0 Å². The number of fused-ring (bicyclic) bond motifs is 1. The Bertz CT molecular complexity index is 971. The summed E-state index contributed by atoms with van der Waals surface area (Å²) in [6, 6.07) is 10.6. The predicted molar refractivity (Wildman–Crippen MR) is 116 cm³/mol. The molecule has 188 valence electrons. The summed E-state index contributed by atoms with van der Waals surface area (Å²) in [6.07, 6.45) is -13.7. The number of rotatable bonds is 6. The third kappa shape index (κ3) is 4.71. The lowest BCUT2D eigenvalue weighted by Crippen LogP contribution is -2.61. The van der Waals surface area contributed by atoms with Crippen LogP contribution >= 0.6 is 0 Å². The monoisotopic (exact) mass is 482 g/mol. The molecule has 2 aromatic rings. The molecule has 34 heavy (non-hydrogen) atoms. The van der Waals surface area contributed by atoms with Crippen molar-refractivity contribution in [3.63, 3.8) is 0 Å². The van der Waals surface area contributed by atoms with Gasteiger partial charge >= 0.3 is 0 Å². The summed E-state index contributed by atoms with van der Waals surface area (Å²) >= 11 is 0. The minimum Gasteiger partial charge on any atom is -0.496 e. The van der Waals surface area contributed by atoms with Gasteiger partial charge in [-0.2, -0.15) is 0 Å². The van der Waals surface area contributed by atoms with E-state index < -0.39 is 61.4 Å². The Hall–Kier alpha value is -2.06. The molecule has 0 saturated carbocycles. The Labute approximate surface area is 195 Å². The van der Waals surface area contributed by atoms with Crippen molar-refractivity contribution in [1.82, 2.24) is 0 Å². The van der Waals surface area contributed by atoms with E-state index >= 15 is 0 Å². The van der Waals surface area contributed by atoms with Crippen LogP contribution in [0.5, 0.6) is 11.5 Å². The molecule has 11 heteroatoms. The quantitative estimate of drug-likeness (QED) is 0.295. The fraction of sp³-hybridized carbons (Fsp3) is 0.565. The normalized spacial score (nSPS) is 38.6. The minimum atomic E-state index is -1.61. The molecule has 11 nitrogen and oxygen atoms in total. The average molecular weight is 482 g/mol. The molecular weight excluding hydrogens is 452 g/mol. The first-order valence-electron chi connectivity index (χ1n) is 11.0. The molecule has 6 N–H and O–H groups in total. The van der Waals surface area contributed by atoms with Crippen molar-refractivity contribution in [1.29, 1.82) is 0 Å². The van der Waals surface area contributed by atoms with Crippen molar-refractivity contribution in [2.75, 3.05) is 13.7 Å². The molecule has 2 aliphatic heterocycles. The van der Waals surface area contributed by atoms with Crippen LogP contribution in [-0.2, 0) is 14.2 Å². The summed E-state index contributed by atoms with van der Waals surface area (Å²) in [4.78, 5) is 0. The lowest BCUT2D eigenvalue weighted by Gasteiger charge is -2.42. The molecule has 0 aliphatic carbocycles. The Kier molecular flexibility index (Phi) is 7.57. The highest BCUT2D eigenvalue weighted by Crippen LogP contribution is 2.35. The van der Waals surface area contributed by atoms with E-state index in [2.05, 4.69) is 0 Å². The van der Waals surface area contributed by atoms with E-state index in [0.717, 1.165) is 5.39 Å². The molecule has 2 saturated heterocycles. The second-order valence-electron chi connectivity index (χ2n) is 8.46. The van der Waals surface area contributed by atoms with Crippen LogP contribution in [0.1, 0.15) is 6.92 Å². The lowest BCUT2D eigenvalue weighted by atomic mass is 9.98. The summed E-state index contributed by atoms with van der Waals surface area (Å²) in [5.41, 5.74) is 0. The van der Waals surface area contributed by atoms with Gasteiger partial charge in [0.25, 0.3) is 0 Å². The number of ether oxygens (including phenoxy) is 5. The summed E-state index contributed by atoms with van der Waals surface area (Å²) in [6.45, 7) is 1.14. The Balaban J connectivity index is 1.48. The van der Waals surface area contributed by atoms with Crippen molar-refractivity contribution < 1.29 is 54.3 Å². The smallest absolute Gasteiger partial charge is 0.229 e. The van der Waals surface area contributed by atoms with Gasteiger partial charge in [0.15, 0.2) is 6.29 Å². The number of aliphatic hydroxyl groups excluding tert-OH is 6. The third-order valence-corrected chi connectivity index (χ3v) is 6.21. The largest absolute Gasteiger partial charge is 0.496 e. The number of benzene rings is 2. The van der Waals surface area contributed by atoms with Gasteiger partial charge < -0.3 is 54.3 Å². The van der Waals surface area contributed by atoms with Crippen molar-refractivity contribution >= 4 is 10.8 Å². The van der Waals surface area contributed by atoms with Crippen LogP contribution in [0.25, 0.3) is 10.8 Å². The number of methoxy groups -OCH3 is 1. The maximum absolute atomic E-state index is 10.5. The second-order valence-corrected chi connectivity index (χ2v) is 8.46. The fourth-order valence-corrected chi connectivity index (χ4v) is 4.14.